The molecule has 6 heteroatoms. The predicted molar refractivity (Wildman–Crippen MR) is 112 cm³/mol. The smallest absolute Gasteiger partial charge is 0.251 e. The number of carbonyl (C=O) groups is 2. The molecule has 1 fully saturated rings. The Bertz CT molecular complexity index is 817. The van der Waals surface area contributed by atoms with Gasteiger partial charge in [0.25, 0.3) is 5.91 Å². The van der Waals surface area contributed by atoms with Crippen molar-refractivity contribution in [3.05, 3.63) is 70.2 Å². The van der Waals surface area contributed by atoms with Crippen LogP contribution in [-0.4, -0.2) is 42.9 Å². The molecule has 28 heavy (non-hydrogen) atoms. The molecule has 3 rings (SSSR count). The zero-order chi connectivity index (χ0) is 19.9. The summed E-state index contributed by atoms with van der Waals surface area (Å²) in [7, 11) is 0. The van der Waals surface area contributed by atoms with Crippen LogP contribution < -0.4 is 10.6 Å². The summed E-state index contributed by atoms with van der Waals surface area (Å²) in [6.45, 7) is 4.36. The summed E-state index contributed by atoms with van der Waals surface area (Å²) in [5.74, 6) is -0.464. The van der Waals surface area contributed by atoms with E-state index >= 15 is 0 Å². The third-order valence-corrected chi connectivity index (χ3v) is 5.41. The van der Waals surface area contributed by atoms with Crippen molar-refractivity contribution >= 4 is 23.4 Å². The van der Waals surface area contributed by atoms with E-state index in [9.17, 15) is 9.59 Å². The van der Waals surface area contributed by atoms with Gasteiger partial charge in [-0.15, -0.1) is 0 Å². The van der Waals surface area contributed by atoms with Gasteiger partial charge < -0.3 is 10.6 Å². The average molecular weight is 400 g/mol. The molecular weight excluding hydrogens is 374 g/mol. The SMILES string of the molecule is Cc1ccc(C(=O)NCC(=O)NCC(c2ccccc2Cl)N2CCCC2)cc1. The molecule has 2 amide bonds. The summed E-state index contributed by atoms with van der Waals surface area (Å²) >= 11 is 6.40. The van der Waals surface area contributed by atoms with Crippen molar-refractivity contribution in [2.24, 2.45) is 0 Å². The number of likely N-dealkylation sites (tertiary alicyclic amines) is 1. The Kier molecular flexibility index (Phi) is 7.06. The van der Waals surface area contributed by atoms with E-state index in [0.29, 0.717) is 17.1 Å². The number of rotatable bonds is 7. The zero-order valence-corrected chi connectivity index (χ0v) is 16.8. The van der Waals surface area contributed by atoms with E-state index in [1.165, 1.54) is 0 Å². The first kappa shape index (κ1) is 20.4. The van der Waals surface area contributed by atoms with Gasteiger partial charge in [0.1, 0.15) is 0 Å². The maximum Gasteiger partial charge on any atom is 0.251 e. The zero-order valence-electron chi connectivity index (χ0n) is 16.1. The lowest BCUT2D eigenvalue weighted by Gasteiger charge is -2.29. The molecule has 1 aliphatic rings. The van der Waals surface area contributed by atoms with Crippen molar-refractivity contribution < 1.29 is 9.59 Å². The van der Waals surface area contributed by atoms with Gasteiger partial charge in [0.2, 0.25) is 5.91 Å². The van der Waals surface area contributed by atoms with Gasteiger partial charge in [0, 0.05) is 17.1 Å². The lowest BCUT2D eigenvalue weighted by atomic mass is 10.1. The molecule has 1 saturated heterocycles. The van der Waals surface area contributed by atoms with Gasteiger partial charge in [0.15, 0.2) is 0 Å². The highest BCUT2D eigenvalue weighted by Crippen LogP contribution is 2.29. The van der Waals surface area contributed by atoms with Crippen LogP contribution >= 0.6 is 11.6 Å². The minimum absolute atomic E-state index is 0.0351. The van der Waals surface area contributed by atoms with Crippen LogP contribution in [0.3, 0.4) is 0 Å². The largest absolute Gasteiger partial charge is 0.353 e. The first-order chi connectivity index (χ1) is 13.5. The molecule has 1 aliphatic heterocycles. The Hall–Kier alpha value is -2.37. The molecule has 1 atom stereocenters. The number of nitrogens with zero attached hydrogens (tertiary/aromatic N) is 1. The minimum atomic E-state index is -0.252. The van der Waals surface area contributed by atoms with Crippen molar-refractivity contribution in [2.45, 2.75) is 25.8 Å². The van der Waals surface area contributed by atoms with Crippen LogP contribution in [0.5, 0.6) is 0 Å². The van der Waals surface area contributed by atoms with E-state index in [4.69, 9.17) is 11.6 Å². The summed E-state index contributed by atoms with van der Waals surface area (Å²) in [5, 5.41) is 6.33. The topological polar surface area (TPSA) is 61.4 Å². The molecule has 1 heterocycles. The summed E-state index contributed by atoms with van der Waals surface area (Å²) < 4.78 is 0. The first-order valence-corrected chi connectivity index (χ1v) is 10.0. The highest BCUT2D eigenvalue weighted by Gasteiger charge is 2.25. The monoisotopic (exact) mass is 399 g/mol. The molecule has 5 nitrogen and oxygen atoms in total. The number of carbonyl (C=O) groups excluding carboxylic acids is 2. The Morgan fingerprint density at radius 2 is 1.71 bits per heavy atom. The van der Waals surface area contributed by atoms with Crippen molar-refractivity contribution in [3.8, 4) is 0 Å². The fourth-order valence-corrected chi connectivity index (χ4v) is 3.74. The number of aryl methyl sites for hydroxylation is 1. The Balaban J connectivity index is 1.55. The van der Waals surface area contributed by atoms with Gasteiger partial charge in [-0.05, 0) is 56.6 Å². The maximum atomic E-state index is 12.3. The van der Waals surface area contributed by atoms with Crippen LogP contribution in [-0.2, 0) is 4.79 Å². The van der Waals surface area contributed by atoms with Crippen LogP contribution in [0.1, 0.15) is 40.4 Å². The van der Waals surface area contributed by atoms with E-state index < -0.39 is 0 Å². The summed E-state index contributed by atoms with van der Waals surface area (Å²) in [4.78, 5) is 26.8. The minimum Gasteiger partial charge on any atom is -0.353 e. The van der Waals surface area contributed by atoms with Gasteiger partial charge >= 0.3 is 0 Å². The second-order valence-electron chi connectivity index (χ2n) is 7.13. The van der Waals surface area contributed by atoms with Gasteiger partial charge in [-0.25, -0.2) is 0 Å². The summed E-state index contributed by atoms with van der Waals surface area (Å²) in [6, 6.07) is 15.1. The molecule has 0 spiro atoms. The van der Waals surface area contributed by atoms with Crippen molar-refractivity contribution in [1.82, 2.24) is 15.5 Å². The highest BCUT2D eigenvalue weighted by atomic mass is 35.5. The van der Waals surface area contributed by atoms with Crippen molar-refractivity contribution in [3.63, 3.8) is 0 Å². The molecule has 2 N–H and O–H groups in total. The lowest BCUT2D eigenvalue weighted by molar-refractivity contribution is -0.120. The molecule has 0 aliphatic carbocycles. The van der Waals surface area contributed by atoms with Crippen LogP contribution in [0.4, 0.5) is 0 Å². The Morgan fingerprint density at radius 1 is 1.04 bits per heavy atom. The molecule has 1 unspecified atom stereocenters. The average Bonchev–Trinajstić information content (AvgIpc) is 3.22. The second kappa shape index (κ2) is 9.71. The van der Waals surface area contributed by atoms with E-state index in [2.05, 4.69) is 15.5 Å². The first-order valence-electron chi connectivity index (χ1n) is 9.64. The fraction of sp³-hybridized carbons (Fsp3) is 0.364. The van der Waals surface area contributed by atoms with Crippen molar-refractivity contribution in [2.75, 3.05) is 26.2 Å². The van der Waals surface area contributed by atoms with Gasteiger partial charge in [-0.1, -0.05) is 47.5 Å². The van der Waals surface area contributed by atoms with E-state index in [1.54, 1.807) is 12.1 Å². The Labute approximate surface area is 171 Å². The molecule has 0 aromatic heterocycles. The standard InChI is InChI=1S/C22H26ClN3O2/c1-16-8-10-17(11-9-16)22(28)25-15-21(27)24-14-20(26-12-4-5-13-26)18-6-2-3-7-19(18)23/h2-3,6-11,20H,4-5,12-15H2,1H3,(H,24,27)(H,25,28). The molecule has 148 valence electrons. The number of halogens is 1. The third-order valence-electron chi connectivity index (χ3n) is 5.06. The van der Waals surface area contributed by atoms with Gasteiger partial charge in [-0.2, -0.15) is 0 Å². The predicted octanol–water partition coefficient (Wildman–Crippen LogP) is 3.33. The second-order valence-corrected chi connectivity index (χ2v) is 7.54. The normalized spacial score (nSPS) is 15.2. The van der Waals surface area contributed by atoms with E-state index in [1.807, 2.05) is 43.3 Å². The van der Waals surface area contributed by atoms with E-state index in [0.717, 1.165) is 37.1 Å². The molecule has 0 bridgehead atoms. The maximum absolute atomic E-state index is 12.3. The van der Waals surface area contributed by atoms with Crippen LogP contribution in [0.2, 0.25) is 5.02 Å². The fourth-order valence-electron chi connectivity index (χ4n) is 3.47. The molecule has 0 saturated carbocycles. The number of hydrogen-bond acceptors (Lipinski definition) is 3. The van der Waals surface area contributed by atoms with Crippen LogP contribution in [0.15, 0.2) is 48.5 Å². The number of nitrogens with one attached hydrogen (secondary N) is 2. The Morgan fingerprint density at radius 3 is 2.39 bits per heavy atom. The van der Waals surface area contributed by atoms with Crippen LogP contribution in [0.25, 0.3) is 0 Å². The van der Waals surface area contributed by atoms with Crippen molar-refractivity contribution in [1.29, 1.82) is 0 Å². The van der Waals surface area contributed by atoms with Gasteiger partial charge in [0.05, 0.1) is 12.6 Å². The summed E-state index contributed by atoms with van der Waals surface area (Å²) in [6.07, 6.45) is 2.31. The number of benzene rings is 2. The van der Waals surface area contributed by atoms with E-state index in [-0.39, 0.29) is 24.4 Å². The van der Waals surface area contributed by atoms with Crippen LogP contribution in [0, 0.1) is 6.92 Å². The number of hydrogen-bond donors (Lipinski definition) is 2. The quantitative estimate of drug-likeness (QED) is 0.750. The highest BCUT2D eigenvalue weighted by molar-refractivity contribution is 6.31. The molecule has 2 aromatic rings. The molecule has 0 radical (unpaired) electrons. The molecular formula is C22H26ClN3O2. The lowest BCUT2D eigenvalue weighted by Crippen LogP contribution is -2.41. The third kappa shape index (κ3) is 5.33. The summed E-state index contributed by atoms with van der Waals surface area (Å²) in [5.41, 5.74) is 2.65. The molecule has 2 aromatic carbocycles. The number of amides is 2. The van der Waals surface area contributed by atoms with Gasteiger partial charge in [-0.3, -0.25) is 14.5 Å².